The van der Waals surface area contributed by atoms with Crippen LogP contribution in [0.5, 0.6) is 5.75 Å². The van der Waals surface area contributed by atoms with Crippen LogP contribution in [0, 0.1) is 5.92 Å². The highest BCUT2D eigenvalue weighted by Crippen LogP contribution is 2.38. The largest absolute Gasteiger partial charge is 0.724 e. The Hall–Kier alpha value is -5.24. The van der Waals surface area contributed by atoms with Crippen LogP contribution in [-0.4, -0.2) is 123 Å². The van der Waals surface area contributed by atoms with Crippen molar-refractivity contribution in [2.75, 3.05) is 25.0 Å². The summed E-state index contributed by atoms with van der Waals surface area (Å²) in [5, 5.41) is 24.6. The SMILES string of the molecule is CC(C)(C)OC(=O)Nc1nc(/C(=N/O[C@](C)(C(=O)OC(C)(C)C)[C@H]2CCc3cc(-c4cn(C[C@@H](O)CN)[n+](C[C@@H]5CCNC5)c4)ccc3O2)C(=O)N[C@@H]2C(=O)N(OS(=O)(=O)[O-])C2(C)C)cs1. The molecule has 66 heavy (non-hydrogen) atoms. The Kier molecular flexibility index (Phi) is 14.6. The molecule has 0 saturated carbocycles. The molecule has 3 aliphatic heterocycles. The summed E-state index contributed by atoms with van der Waals surface area (Å²) in [5.41, 5.74) is 2.30. The molecule has 0 bridgehead atoms. The van der Waals surface area contributed by atoms with Gasteiger partial charge in [-0.15, -0.1) is 16.0 Å². The fourth-order valence-electron chi connectivity index (χ4n) is 7.55. The first-order valence-electron chi connectivity index (χ1n) is 21.4. The maximum atomic E-state index is 14.2. The van der Waals surface area contributed by atoms with Gasteiger partial charge in [0.25, 0.3) is 17.4 Å². The van der Waals surface area contributed by atoms with Crippen molar-refractivity contribution in [3.05, 3.63) is 47.2 Å². The standard InChI is InChI=1S/C42H59N9O13S2/c1-39(2,3)61-36(55)42(9,31-13-11-26-16-25(10-12-30(26)60-31)27-20-49(19-24-14-15-44-18-24)50(21-27)22-28(52)17-43)63-48-32(29-23-65-37(45-29)47-38(56)62-40(4,5)6)34(53)46-33-35(54)51(41(33,7)8)64-66(57,58)59/h10,12,16,20-21,23-24,28,31,33,44,52H,11,13-15,17-19,22,43H2,1-9H3,(H2-,45,46,47,53,56,57,58,59)/b48-32-/t24-,28+,31-,33-,42+/m1/s1. The number of hydrogen-bond donors (Lipinski definition) is 5. The molecule has 3 aliphatic rings. The number of carbonyl (C=O) groups excluding carboxylic acids is 4. The summed E-state index contributed by atoms with van der Waals surface area (Å²) in [6.45, 7) is 17.2. The number of fused-ring (bicyclic) bond motifs is 1. The lowest BCUT2D eigenvalue weighted by atomic mass is 9.84. The van der Waals surface area contributed by atoms with E-state index in [0.29, 0.717) is 29.7 Å². The molecule has 2 saturated heterocycles. The van der Waals surface area contributed by atoms with Crippen molar-refractivity contribution >= 4 is 56.5 Å². The fraction of sp³-hybridized carbons (Fsp3) is 0.595. The van der Waals surface area contributed by atoms with Gasteiger partial charge in [0.15, 0.2) is 23.5 Å². The number of aliphatic hydroxyl groups excluding tert-OH is 1. The zero-order valence-corrected chi connectivity index (χ0v) is 40.0. The first kappa shape index (κ1) is 50.2. The van der Waals surface area contributed by atoms with E-state index in [9.17, 15) is 37.3 Å². The molecule has 0 spiro atoms. The van der Waals surface area contributed by atoms with Gasteiger partial charge in [-0.1, -0.05) is 11.2 Å². The maximum Gasteiger partial charge on any atom is 0.413 e. The molecule has 24 heteroatoms. The summed E-state index contributed by atoms with van der Waals surface area (Å²) in [7, 11) is -5.34. The second kappa shape index (κ2) is 19.2. The number of amides is 3. The van der Waals surface area contributed by atoms with Gasteiger partial charge in [-0.2, -0.15) is 14.0 Å². The highest BCUT2D eigenvalue weighted by atomic mass is 32.3. The van der Waals surface area contributed by atoms with Crippen LogP contribution in [0.1, 0.15) is 86.4 Å². The van der Waals surface area contributed by atoms with Gasteiger partial charge in [0.1, 0.15) is 35.2 Å². The molecule has 6 N–H and O–H groups in total. The van der Waals surface area contributed by atoms with Crippen LogP contribution < -0.4 is 31.1 Å². The molecule has 0 radical (unpaired) electrons. The number of ether oxygens (including phenoxy) is 3. The third kappa shape index (κ3) is 12.0. The molecule has 6 rings (SSSR count). The van der Waals surface area contributed by atoms with E-state index in [4.69, 9.17) is 24.8 Å². The zero-order valence-electron chi connectivity index (χ0n) is 38.4. The number of oxime groups is 1. The van der Waals surface area contributed by atoms with Gasteiger partial charge in [-0.25, -0.2) is 23.0 Å². The van der Waals surface area contributed by atoms with Crippen molar-refractivity contribution in [2.45, 2.75) is 135 Å². The second-order valence-corrected chi connectivity index (χ2v) is 21.0. The second-order valence-electron chi connectivity index (χ2n) is 19.2. The van der Waals surface area contributed by atoms with Crippen LogP contribution in [0.4, 0.5) is 9.93 Å². The highest BCUT2D eigenvalue weighted by Gasteiger charge is 2.58. The van der Waals surface area contributed by atoms with Gasteiger partial charge in [-0.3, -0.25) is 14.9 Å². The van der Waals surface area contributed by atoms with Crippen molar-refractivity contribution in [1.82, 2.24) is 25.4 Å². The predicted molar refractivity (Wildman–Crippen MR) is 236 cm³/mol. The quantitative estimate of drug-likeness (QED) is 0.0261. The molecule has 22 nitrogen and oxygen atoms in total. The van der Waals surface area contributed by atoms with Crippen LogP contribution in [0.15, 0.2) is 41.1 Å². The summed E-state index contributed by atoms with van der Waals surface area (Å²) >= 11 is 0.901. The fourth-order valence-corrected chi connectivity index (χ4v) is 8.68. The normalized spacial score (nSPS) is 21.2. The highest BCUT2D eigenvalue weighted by molar-refractivity contribution is 7.80. The molecule has 362 valence electrons. The van der Waals surface area contributed by atoms with Crippen molar-refractivity contribution in [1.29, 1.82) is 0 Å². The number of thiazole rings is 1. The molecule has 1 aromatic carbocycles. The van der Waals surface area contributed by atoms with Crippen molar-refractivity contribution in [2.24, 2.45) is 16.8 Å². The van der Waals surface area contributed by atoms with E-state index in [1.54, 1.807) is 47.6 Å². The van der Waals surface area contributed by atoms with Gasteiger partial charge >= 0.3 is 12.1 Å². The first-order valence-corrected chi connectivity index (χ1v) is 23.6. The number of aromatic nitrogens is 3. The van der Waals surface area contributed by atoms with E-state index in [2.05, 4.69) is 41.3 Å². The topological polar surface area (TPSA) is 291 Å². The molecule has 0 aliphatic carbocycles. The predicted octanol–water partition coefficient (Wildman–Crippen LogP) is 1.89. The minimum atomic E-state index is -5.34. The maximum absolute atomic E-state index is 14.2. The summed E-state index contributed by atoms with van der Waals surface area (Å²) in [6.07, 6.45) is 3.14. The average molecular weight is 962 g/mol. The van der Waals surface area contributed by atoms with Gasteiger partial charge in [0.2, 0.25) is 16.6 Å². The lowest BCUT2D eigenvalue weighted by molar-refractivity contribution is -0.780. The summed E-state index contributed by atoms with van der Waals surface area (Å²) < 4.78 is 60.0. The smallest absolute Gasteiger partial charge is 0.413 e. The lowest BCUT2D eigenvalue weighted by Gasteiger charge is -2.51. The number of hydroxylamine groups is 2. The van der Waals surface area contributed by atoms with E-state index >= 15 is 0 Å². The van der Waals surface area contributed by atoms with Crippen molar-refractivity contribution in [3.63, 3.8) is 0 Å². The van der Waals surface area contributed by atoms with Crippen LogP contribution in [0.3, 0.4) is 0 Å². The Bertz CT molecular complexity index is 2450. The molecule has 3 amide bonds. The number of nitrogens with one attached hydrogen (secondary N) is 3. The number of β-lactam (4-membered cyclic amide) rings is 1. The molecular formula is C42H59N9O13S2. The third-order valence-electron chi connectivity index (χ3n) is 11.0. The van der Waals surface area contributed by atoms with Crippen molar-refractivity contribution < 1.29 is 65.3 Å². The van der Waals surface area contributed by atoms with E-state index in [0.717, 1.165) is 54.1 Å². The van der Waals surface area contributed by atoms with E-state index in [1.807, 2.05) is 23.0 Å². The molecule has 3 aromatic rings. The number of benzene rings is 1. The minimum Gasteiger partial charge on any atom is -0.724 e. The van der Waals surface area contributed by atoms with Gasteiger partial charge in [0.05, 0.1) is 23.4 Å². The van der Waals surface area contributed by atoms with Gasteiger partial charge < -0.3 is 45.1 Å². The van der Waals surface area contributed by atoms with Crippen LogP contribution in [0.25, 0.3) is 11.1 Å². The minimum absolute atomic E-state index is 0.00725. The molecular weight excluding hydrogens is 903 g/mol. The monoisotopic (exact) mass is 961 g/mol. The Labute approximate surface area is 387 Å². The molecule has 2 aromatic heterocycles. The number of nitrogens with two attached hydrogens (primary N) is 1. The number of nitrogens with zero attached hydrogens (tertiary/aromatic N) is 5. The Morgan fingerprint density at radius 1 is 1.14 bits per heavy atom. The number of anilines is 1. The average Bonchev–Trinajstić information content (AvgIpc) is 3.99. The molecule has 5 heterocycles. The Morgan fingerprint density at radius 2 is 1.85 bits per heavy atom. The number of aliphatic hydroxyl groups is 1. The number of rotatable bonds is 16. The van der Waals surface area contributed by atoms with Gasteiger partial charge in [0, 0.05) is 24.4 Å². The zero-order chi connectivity index (χ0) is 48.6. The third-order valence-corrected chi connectivity index (χ3v) is 12.0. The Morgan fingerprint density at radius 3 is 2.47 bits per heavy atom. The number of hydrogen-bond acceptors (Lipinski definition) is 18. The molecule has 2 fully saturated rings. The number of aryl methyl sites for hydroxylation is 1. The number of carbonyl (C=O) groups is 4. The van der Waals surface area contributed by atoms with E-state index in [1.165, 1.54) is 26.2 Å². The molecule has 5 atom stereocenters. The summed E-state index contributed by atoms with van der Waals surface area (Å²) in [5.74, 6) is -2.09. The Balaban J connectivity index is 1.30. The summed E-state index contributed by atoms with van der Waals surface area (Å²) in [4.78, 5) is 64.4. The van der Waals surface area contributed by atoms with Crippen LogP contribution in [-0.2, 0) is 62.9 Å². The lowest BCUT2D eigenvalue weighted by Crippen LogP contribution is -2.76. The number of esters is 1. The van der Waals surface area contributed by atoms with E-state index in [-0.39, 0.29) is 23.8 Å². The first-order chi connectivity index (χ1) is 30.7. The molecule has 0 unspecified atom stereocenters. The van der Waals surface area contributed by atoms with Crippen LogP contribution in [0.2, 0.25) is 0 Å². The van der Waals surface area contributed by atoms with Crippen molar-refractivity contribution in [3.8, 4) is 16.9 Å². The van der Waals surface area contributed by atoms with E-state index < -0.39 is 80.6 Å². The van der Waals surface area contributed by atoms with Crippen LogP contribution >= 0.6 is 11.3 Å². The summed E-state index contributed by atoms with van der Waals surface area (Å²) in [6, 6.07) is 4.26. The van der Waals surface area contributed by atoms with Gasteiger partial charge in [-0.05, 0) is 111 Å².